The summed E-state index contributed by atoms with van der Waals surface area (Å²) in [5.74, 6) is 0. The summed E-state index contributed by atoms with van der Waals surface area (Å²) < 4.78 is 11.6. The third-order valence-corrected chi connectivity index (χ3v) is 5.70. The van der Waals surface area contributed by atoms with E-state index in [-0.39, 0.29) is 12.1 Å². The standard InChI is InChI=1S/C23H28N2O3/c26-18-23-25(17-22(28-23)20-9-5-2-6-10-20)21(19-7-3-1-4-8-19)11-12-24-13-15-27-16-14-24/h1-10,18,21-23H,11-17H2. The second kappa shape index (κ2) is 9.43. The molecule has 0 N–H and O–H groups in total. The van der Waals surface area contributed by atoms with Gasteiger partial charge < -0.3 is 9.47 Å². The number of ether oxygens (including phenoxy) is 2. The first-order valence-corrected chi connectivity index (χ1v) is 10.1. The zero-order valence-electron chi connectivity index (χ0n) is 16.2. The molecule has 0 aromatic heterocycles. The molecule has 0 saturated carbocycles. The Balaban J connectivity index is 1.53. The first-order chi connectivity index (χ1) is 13.8. The van der Waals surface area contributed by atoms with E-state index < -0.39 is 6.23 Å². The van der Waals surface area contributed by atoms with E-state index in [0.29, 0.717) is 0 Å². The summed E-state index contributed by atoms with van der Waals surface area (Å²) in [7, 11) is 0. The van der Waals surface area contributed by atoms with Gasteiger partial charge in [-0.1, -0.05) is 60.7 Å². The second-order valence-corrected chi connectivity index (χ2v) is 7.43. The molecule has 5 heteroatoms. The van der Waals surface area contributed by atoms with Crippen LogP contribution in [0.1, 0.15) is 29.7 Å². The second-order valence-electron chi connectivity index (χ2n) is 7.43. The Morgan fingerprint density at radius 1 is 1.00 bits per heavy atom. The van der Waals surface area contributed by atoms with Crippen molar-refractivity contribution in [3.05, 3.63) is 71.8 Å². The van der Waals surface area contributed by atoms with Crippen LogP contribution in [0.4, 0.5) is 0 Å². The highest BCUT2D eigenvalue weighted by Gasteiger charge is 2.38. The summed E-state index contributed by atoms with van der Waals surface area (Å²) in [4.78, 5) is 16.5. The van der Waals surface area contributed by atoms with Crippen LogP contribution in [0, 0.1) is 0 Å². The van der Waals surface area contributed by atoms with Crippen LogP contribution in [0.15, 0.2) is 60.7 Å². The molecule has 2 saturated heterocycles. The number of carbonyl (C=O) groups is 1. The van der Waals surface area contributed by atoms with Gasteiger partial charge in [-0.2, -0.15) is 0 Å². The smallest absolute Gasteiger partial charge is 0.168 e. The Morgan fingerprint density at radius 3 is 2.36 bits per heavy atom. The lowest BCUT2D eigenvalue weighted by molar-refractivity contribution is -0.125. The van der Waals surface area contributed by atoms with Gasteiger partial charge in [-0.05, 0) is 17.5 Å². The molecule has 5 nitrogen and oxygen atoms in total. The Labute approximate surface area is 166 Å². The molecule has 2 fully saturated rings. The van der Waals surface area contributed by atoms with Gasteiger partial charge in [0.2, 0.25) is 0 Å². The number of benzene rings is 2. The van der Waals surface area contributed by atoms with E-state index in [1.54, 1.807) is 0 Å². The van der Waals surface area contributed by atoms with Crippen LogP contribution in [0.5, 0.6) is 0 Å². The van der Waals surface area contributed by atoms with E-state index in [2.05, 4.69) is 46.2 Å². The first kappa shape index (κ1) is 19.3. The van der Waals surface area contributed by atoms with Crippen LogP contribution in [0.3, 0.4) is 0 Å². The highest BCUT2D eigenvalue weighted by atomic mass is 16.5. The van der Waals surface area contributed by atoms with E-state index in [1.165, 1.54) is 5.56 Å². The molecule has 0 amide bonds. The van der Waals surface area contributed by atoms with E-state index in [0.717, 1.165) is 57.7 Å². The van der Waals surface area contributed by atoms with Crippen molar-refractivity contribution in [2.45, 2.75) is 24.8 Å². The van der Waals surface area contributed by atoms with E-state index in [4.69, 9.17) is 9.47 Å². The normalized spacial score (nSPS) is 24.9. The SMILES string of the molecule is O=CC1OC(c2ccccc2)CN1C(CCN1CCOCC1)c1ccccc1. The fourth-order valence-corrected chi connectivity index (χ4v) is 4.18. The molecule has 2 aromatic carbocycles. The summed E-state index contributed by atoms with van der Waals surface area (Å²) >= 11 is 0. The minimum atomic E-state index is -0.514. The van der Waals surface area contributed by atoms with Gasteiger partial charge in [-0.25, -0.2) is 0 Å². The minimum absolute atomic E-state index is 0.0778. The third kappa shape index (κ3) is 4.50. The van der Waals surface area contributed by atoms with Crippen LogP contribution < -0.4 is 0 Å². The van der Waals surface area contributed by atoms with Gasteiger partial charge >= 0.3 is 0 Å². The van der Waals surface area contributed by atoms with Gasteiger partial charge in [0.05, 0.1) is 19.3 Å². The van der Waals surface area contributed by atoms with Gasteiger partial charge in [0, 0.05) is 32.2 Å². The molecule has 3 unspecified atom stereocenters. The van der Waals surface area contributed by atoms with Gasteiger partial charge in [0.1, 0.15) is 0 Å². The quantitative estimate of drug-likeness (QED) is 0.691. The predicted octanol–water partition coefficient (Wildman–Crippen LogP) is 3.05. The summed E-state index contributed by atoms with van der Waals surface area (Å²) in [5.41, 5.74) is 2.36. The van der Waals surface area contributed by atoms with Gasteiger partial charge in [-0.3, -0.25) is 14.6 Å². The fraction of sp³-hybridized carbons (Fsp3) is 0.435. The van der Waals surface area contributed by atoms with Gasteiger partial charge in [-0.15, -0.1) is 0 Å². The van der Waals surface area contributed by atoms with E-state index >= 15 is 0 Å². The fourth-order valence-electron chi connectivity index (χ4n) is 4.18. The monoisotopic (exact) mass is 380 g/mol. The van der Waals surface area contributed by atoms with Crippen LogP contribution in [-0.4, -0.2) is 61.7 Å². The molecule has 2 heterocycles. The molecular weight excluding hydrogens is 352 g/mol. The maximum absolute atomic E-state index is 11.8. The van der Waals surface area contributed by atoms with Crippen molar-refractivity contribution in [1.82, 2.24) is 9.80 Å². The highest BCUT2D eigenvalue weighted by molar-refractivity contribution is 5.56. The van der Waals surface area contributed by atoms with Crippen LogP contribution in [0.25, 0.3) is 0 Å². The maximum atomic E-state index is 11.8. The largest absolute Gasteiger partial charge is 0.379 e. The number of carbonyl (C=O) groups excluding carboxylic acids is 1. The average Bonchev–Trinajstić information content (AvgIpc) is 3.20. The van der Waals surface area contributed by atoms with Crippen molar-refractivity contribution in [3.8, 4) is 0 Å². The molecule has 148 valence electrons. The Bertz CT molecular complexity index is 734. The summed E-state index contributed by atoms with van der Waals surface area (Å²) in [5, 5.41) is 0. The Kier molecular flexibility index (Phi) is 6.49. The summed E-state index contributed by atoms with van der Waals surface area (Å²) in [6, 6.07) is 20.8. The predicted molar refractivity (Wildman–Crippen MR) is 108 cm³/mol. The minimum Gasteiger partial charge on any atom is -0.379 e. The molecule has 28 heavy (non-hydrogen) atoms. The van der Waals surface area contributed by atoms with Crippen LogP contribution in [0.2, 0.25) is 0 Å². The average molecular weight is 380 g/mol. The number of aldehydes is 1. The zero-order valence-corrected chi connectivity index (χ0v) is 16.2. The van der Waals surface area contributed by atoms with Gasteiger partial charge in [0.25, 0.3) is 0 Å². The molecule has 0 radical (unpaired) electrons. The molecule has 2 aromatic rings. The molecule has 0 aliphatic carbocycles. The molecule has 2 aliphatic rings. The summed E-state index contributed by atoms with van der Waals surface area (Å²) in [6.07, 6.45) is 1.30. The Morgan fingerprint density at radius 2 is 1.68 bits per heavy atom. The van der Waals surface area contributed by atoms with Crippen molar-refractivity contribution < 1.29 is 14.3 Å². The number of hydrogen-bond donors (Lipinski definition) is 0. The number of rotatable bonds is 7. The lowest BCUT2D eigenvalue weighted by atomic mass is 10.0. The Hall–Kier alpha value is -2.05. The van der Waals surface area contributed by atoms with E-state index in [1.807, 2.05) is 24.3 Å². The number of nitrogens with zero attached hydrogens (tertiary/aromatic N) is 2. The van der Waals surface area contributed by atoms with Crippen LogP contribution in [-0.2, 0) is 14.3 Å². The van der Waals surface area contributed by atoms with Crippen LogP contribution >= 0.6 is 0 Å². The van der Waals surface area contributed by atoms with E-state index in [9.17, 15) is 4.79 Å². The number of morpholine rings is 1. The highest BCUT2D eigenvalue weighted by Crippen LogP contribution is 2.36. The molecule has 0 bridgehead atoms. The van der Waals surface area contributed by atoms with Crippen molar-refractivity contribution >= 4 is 6.29 Å². The lowest BCUT2D eigenvalue weighted by Crippen LogP contribution is -2.40. The topological polar surface area (TPSA) is 42.0 Å². The zero-order chi connectivity index (χ0) is 19.2. The lowest BCUT2D eigenvalue weighted by Gasteiger charge is -2.33. The van der Waals surface area contributed by atoms with Crippen molar-refractivity contribution in [3.63, 3.8) is 0 Å². The molecule has 4 rings (SSSR count). The van der Waals surface area contributed by atoms with Gasteiger partial charge in [0.15, 0.2) is 12.5 Å². The van der Waals surface area contributed by atoms with Crippen molar-refractivity contribution in [2.75, 3.05) is 39.4 Å². The summed E-state index contributed by atoms with van der Waals surface area (Å²) in [6.45, 7) is 5.26. The molecule has 3 atom stereocenters. The number of hydrogen-bond acceptors (Lipinski definition) is 5. The molecule has 2 aliphatic heterocycles. The third-order valence-electron chi connectivity index (χ3n) is 5.70. The first-order valence-electron chi connectivity index (χ1n) is 10.1. The van der Waals surface area contributed by atoms with Crippen molar-refractivity contribution in [1.29, 1.82) is 0 Å². The van der Waals surface area contributed by atoms with Crippen molar-refractivity contribution in [2.24, 2.45) is 0 Å². The molecule has 0 spiro atoms. The molecular formula is C23H28N2O3. The maximum Gasteiger partial charge on any atom is 0.168 e.